The molecule has 1 N–H and O–H groups in total. The molecule has 6 nitrogen and oxygen atoms in total. The van der Waals surface area contributed by atoms with Crippen LogP contribution in [-0.2, 0) is 11.3 Å². The minimum absolute atomic E-state index is 0.0236. The summed E-state index contributed by atoms with van der Waals surface area (Å²) in [4.78, 5) is 21.3. The van der Waals surface area contributed by atoms with Gasteiger partial charge in [-0.1, -0.05) is 36.8 Å². The zero-order chi connectivity index (χ0) is 17.8. The van der Waals surface area contributed by atoms with Gasteiger partial charge in [0.25, 0.3) is 0 Å². The smallest absolute Gasteiger partial charge is 0.239 e. The van der Waals surface area contributed by atoms with Crippen LogP contribution in [0.5, 0.6) is 0 Å². The number of hydrogen-bond acceptors (Lipinski definition) is 5. The SMILES string of the molecule is O=C([C@H]1CCCCN1)N1CCN(Cc2ncc(-c3ccccc3)o2)CC1. The van der Waals surface area contributed by atoms with Crippen molar-refractivity contribution in [2.75, 3.05) is 32.7 Å². The van der Waals surface area contributed by atoms with E-state index in [0.717, 1.165) is 62.8 Å². The molecule has 138 valence electrons. The third-order valence-corrected chi connectivity index (χ3v) is 5.26. The maximum Gasteiger partial charge on any atom is 0.239 e. The maximum absolute atomic E-state index is 12.6. The number of amides is 1. The third kappa shape index (κ3) is 3.97. The van der Waals surface area contributed by atoms with Gasteiger partial charge >= 0.3 is 0 Å². The van der Waals surface area contributed by atoms with Gasteiger partial charge in [-0.3, -0.25) is 9.69 Å². The average molecular weight is 354 g/mol. The highest BCUT2D eigenvalue weighted by Crippen LogP contribution is 2.21. The Balaban J connectivity index is 1.29. The van der Waals surface area contributed by atoms with Gasteiger partial charge < -0.3 is 14.6 Å². The molecule has 0 radical (unpaired) electrons. The Hall–Kier alpha value is -2.18. The van der Waals surface area contributed by atoms with Gasteiger partial charge in [-0.15, -0.1) is 0 Å². The van der Waals surface area contributed by atoms with E-state index in [0.29, 0.717) is 6.54 Å². The molecule has 3 heterocycles. The summed E-state index contributed by atoms with van der Waals surface area (Å²) in [6.45, 7) is 4.94. The molecular weight excluding hydrogens is 328 g/mol. The number of nitrogens with zero attached hydrogens (tertiary/aromatic N) is 3. The molecule has 2 saturated heterocycles. The Morgan fingerprint density at radius 2 is 1.96 bits per heavy atom. The van der Waals surface area contributed by atoms with Gasteiger partial charge in [0.15, 0.2) is 5.76 Å². The van der Waals surface area contributed by atoms with Crippen molar-refractivity contribution >= 4 is 5.91 Å². The first-order valence-electron chi connectivity index (χ1n) is 9.54. The van der Waals surface area contributed by atoms with Gasteiger partial charge in [0.05, 0.1) is 18.8 Å². The van der Waals surface area contributed by atoms with Crippen molar-refractivity contribution in [1.82, 2.24) is 20.1 Å². The molecule has 1 aromatic carbocycles. The molecule has 2 aromatic rings. The van der Waals surface area contributed by atoms with Gasteiger partial charge in [0.1, 0.15) is 0 Å². The Morgan fingerprint density at radius 3 is 2.69 bits per heavy atom. The number of oxazole rings is 1. The molecule has 2 aliphatic heterocycles. The standard InChI is InChI=1S/C20H26N4O2/c25-20(17-8-4-5-9-21-17)24-12-10-23(11-13-24)15-19-22-14-18(26-19)16-6-2-1-3-7-16/h1-3,6-7,14,17,21H,4-5,8-13,15H2/t17-/m1/s1. The summed E-state index contributed by atoms with van der Waals surface area (Å²) in [5.74, 6) is 1.81. The topological polar surface area (TPSA) is 61.6 Å². The van der Waals surface area contributed by atoms with E-state index in [1.807, 2.05) is 35.2 Å². The number of nitrogens with one attached hydrogen (secondary N) is 1. The van der Waals surface area contributed by atoms with E-state index in [4.69, 9.17) is 4.42 Å². The molecule has 1 amide bonds. The molecule has 0 unspecified atom stereocenters. The second-order valence-electron chi connectivity index (χ2n) is 7.09. The molecule has 1 atom stereocenters. The highest BCUT2D eigenvalue weighted by atomic mass is 16.4. The van der Waals surface area contributed by atoms with Crippen molar-refractivity contribution in [1.29, 1.82) is 0 Å². The minimum Gasteiger partial charge on any atom is -0.439 e. The van der Waals surface area contributed by atoms with E-state index < -0.39 is 0 Å². The van der Waals surface area contributed by atoms with E-state index in [1.54, 1.807) is 6.20 Å². The highest BCUT2D eigenvalue weighted by molar-refractivity contribution is 5.82. The number of piperidine rings is 1. The summed E-state index contributed by atoms with van der Waals surface area (Å²) in [5.41, 5.74) is 1.04. The van der Waals surface area contributed by atoms with Gasteiger partial charge in [0, 0.05) is 31.7 Å². The number of aromatic nitrogens is 1. The van der Waals surface area contributed by atoms with Gasteiger partial charge in [-0.2, -0.15) is 0 Å². The van der Waals surface area contributed by atoms with Gasteiger partial charge in [-0.25, -0.2) is 4.98 Å². The quantitative estimate of drug-likeness (QED) is 0.911. The molecule has 0 saturated carbocycles. The van der Waals surface area contributed by atoms with Crippen LogP contribution in [0.2, 0.25) is 0 Å². The van der Waals surface area contributed by atoms with E-state index in [-0.39, 0.29) is 11.9 Å². The van der Waals surface area contributed by atoms with Crippen LogP contribution in [0, 0.1) is 0 Å². The number of rotatable bonds is 4. The fraction of sp³-hybridized carbons (Fsp3) is 0.500. The van der Waals surface area contributed by atoms with E-state index in [1.165, 1.54) is 6.42 Å². The van der Waals surface area contributed by atoms with Crippen molar-refractivity contribution in [3.63, 3.8) is 0 Å². The van der Waals surface area contributed by atoms with E-state index >= 15 is 0 Å². The van der Waals surface area contributed by atoms with Crippen LogP contribution in [0.1, 0.15) is 25.2 Å². The molecule has 1 aromatic heterocycles. The Labute approximate surface area is 154 Å². The lowest BCUT2D eigenvalue weighted by molar-refractivity contribution is -0.135. The maximum atomic E-state index is 12.6. The number of benzene rings is 1. The molecule has 4 rings (SSSR count). The molecule has 0 spiro atoms. The number of hydrogen-bond donors (Lipinski definition) is 1. The number of carbonyl (C=O) groups excluding carboxylic acids is 1. The van der Waals surface area contributed by atoms with Crippen LogP contribution < -0.4 is 5.32 Å². The molecule has 0 bridgehead atoms. The summed E-state index contributed by atoms with van der Waals surface area (Å²) in [6, 6.07) is 10.0. The normalized spacial score (nSPS) is 21.7. The molecule has 26 heavy (non-hydrogen) atoms. The minimum atomic E-state index is 0.0236. The highest BCUT2D eigenvalue weighted by Gasteiger charge is 2.28. The van der Waals surface area contributed by atoms with Crippen LogP contribution in [0.15, 0.2) is 40.9 Å². The second kappa shape index (κ2) is 8.01. The van der Waals surface area contributed by atoms with Crippen molar-refractivity contribution in [3.8, 4) is 11.3 Å². The third-order valence-electron chi connectivity index (χ3n) is 5.26. The van der Waals surface area contributed by atoms with Gasteiger partial charge in [0.2, 0.25) is 11.8 Å². The first kappa shape index (κ1) is 17.2. The predicted molar refractivity (Wildman–Crippen MR) is 99.4 cm³/mol. The van der Waals surface area contributed by atoms with E-state index in [2.05, 4.69) is 15.2 Å². The zero-order valence-corrected chi connectivity index (χ0v) is 15.1. The van der Waals surface area contributed by atoms with Crippen molar-refractivity contribution in [2.45, 2.75) is 31.8 Å². The Bertz CT molecular complexity index is 716. The second-order valence-corrected chi connectivity index (χ2v) is 7.09. The first-order chi connectivity index (χ1) is 12.8. The fourth-order valence-electron chi connectivity index (χ4n) is 3.72. The van der Waals surface area contributed by atoms with Crippen LogP contribution in [-0.4, -0.2) is 59.5 Å². The van der Waals surface area contributed by atoms with Gasteiger partial charge in [-0.05, 0) is 19.4 Å². The molecule has 0 aliphatic carbocycles. The van der Waals surface area contributed by atoms with Crippen molar-refractivity contribution < 1.29 is 9.21 Å². The average Bonchev–Trinajstić information content (AvgIpc) is 3.18. The van der Waals surface area contributed by atoms with Crippen LogP contribution >= 0.6 is 0 Å². The number of carbonyl (C=O) groups is 1. The summed E-state index contributed by atoms with van der Waals surface area (Å²) < 4.78 is 5.90. The van der Waals surface area contributed by atoms with Crippen LogP contribution in [0.25, 0.3) is 11.3 Å². The molecule has 2 fully saturated rings. The van der Waals surface area contributed by atoms with Crippen LogP contribution in [0.4, 0.5) is 0 Å². The van der Waals surface area contributed by atoms with Crippen molar-refractivity contribution in [2.24, 2.45) is 0 Å². The predicted octanol–water partition coefficient (Wildman–Crippen LogP) is 2.13. The Morgan fingerprint density at radius 1 is 1.15 bits per heavy atom. The Kier molecular flexibility index (Phi) is 5.32. The summed E-state index contributed by atoms with van der Waals surface area (Å²) in [6.07, 6.45) is 5.09. The molecule has 2 aliphatic rings. The zero-order valence-electron chi connectivity index (χ0n) is 15.1. The van der Waals surface area contributed by atoms with E-state index in [9.17, 15) is 4.79 Å². The largest absolute Gasteiger partial charge is 0.439 e. The summed E-state index contributed by atoms with van der Waals surface area (Å²) in [7, 11) is 0. The number of piperazine rings is 1. The lowest BCUT2D eigenvalue weighted by Gasteiger charge is -2.36. The summed E-state index contributed by atoms with van der Waals surface area (Å²) in [5, 5.41) is 3.36. The van der Waals surface area contributed by atoms with Crippen molar-refractivity contribution in [3.05, 3.63) is 42.4 Å². The lowest BCUT2D eigenvalue weighted by Crippen LogP contribution is -2.54. The lowest BCUT2D eigenvalue weighted by atomic mass is 10.0. The molecular formula is C20H26N4O2. The molecule has 6 heteroatoms. The summed E-state index contributed by atoms with van der Waals surface area (Å²) >= 11 is 0. The fourth-order valence-corrected chi connectivity index (χ4v) is 3.72. The van der Waals surface area contributed by atoms with Crippen LogP contribution in [0.3, 0.4) is 0 Å². The monoisotopic (exact) mass is 354 g/mol. The first-order valence-corrected chi connectivity index (χ1v) is 9.54.